The van der Waals surface area contributed by atoms with Gasteiger partial charge in [0, 0.05) is 32.4 Å². The lowest BCUT2D eigenvalue weighted by atomic mass is 10.1. The van der Waals surface area contributed by atoms with Gasteiger partial charge in [0.1, 0.15) is 5.82 Å². The third-order valence-electron chi connectivity index (χ3n) is 4.77. The van der Waals surface area contributed by atoms with Gasteiger partial charge in [-0.15, -0.1) is 0 Å². The van der Waals surface area contributed by atoms with Crippen LogP contribution >= 0.6 is 0 Å². The average Bonchev–Trinajstić information content (AvgIpc) is 3.02. The van der Waals surface area contributed by atoms with Crippen LogP contribution in [0.4, 0.5) is 5.82 Å². The largest absolute Gasteiger partial charge is 0.417 e. The number of piperazine rings is 1. The third kappa shape index (κ3) is 3.74. The van der Waals surface area contributed by atoms with Gasteiger partial charge in [0.15, 0.2) is 5.58 Å². The Kier molecular flexibility index (Phi) is 4.52. The molecule has 3 aromatic rings. The Morgan fingerprint density at radius 1 is 1.12 bits per heavy atom. The van der Waals surface area contributed by atoms with E-state index in [2.05, 4.69) is 31.9 Å². The van der Waals surface area contributed by atoms with Crippen molar-refractivity contribution >= 4 is 16.9 Å². The van der Waals surface area contributed by atoms with Crippen LogP contribution in [-0.4, -0.2) is 47.6 Å². The molecule has 2 aromatic heterocycles. The first-order valence-electron chi connectivity index (χ1n) is 8.78. The molecule has 1 aliphatic heterocycles. The minimum absolute atomic E-state index is 0.391. The maximum absolute atomic E-state index is 11.2. The molecule has 0 bridgehead atoms. The lowest BCUT2D eigenvalue weighted by Gasteiger charge is -2.35. The molecule has 1 N–H and O–H groups in total. The lowest BCUT2D eigenvalue weighted by Crippen LogP contribution is -2.46. The molecule has 0 saturated carbocycles. The summed E-state index contributed by atoms with van der Waals surface area (Å²) in [4.78, 5) is 23.2. The van der Waals surface area contributed by atoms with E-state index in [-0.39, 0.29) is 0 Å². The van der Waals surface area contributed by atoms with Crippen LogP contribution in [0.25, 0.3) is 11.1 Å². The van der Waals surface area contributed by atoms with Crippen LogP contribution in [0.2, 0.25) is 0 Å². The summed E-state index contributed by atoms with van der Waals surface area (Å²) < 4.78 is 5.13. The smallest absolute Gasteiger partial charge is 0.408 e. The lowest BCUT2D eigenvalue weighted by molar-refractivity contribution is 0.254. The molecule has 0 radical (unpaired) electrons. The van der Waals surface area contributed by atoms with E-state index in [0.717, 1.165) is 56.9 Å². The summed E-state index contributed by atoms with van der Waals surface area (Å²) in [5, 5.41) is 0. The minimum Gasteiger partial charge on any atom is -0.408 e. The topological polar surface area (TPSA) is 65.4 Å². The van der Waals surface area contributed by atoms with Crippen LogP contribution in [0.1, 0.15) is 12.0 Å². The van der Waals surface area contributed by atoms with E-state index in [9.17, 15) is 4.79 Å². The van der Waals surface area contributed by atoms with Crippen molar-refractivity contribution in [2.75, 3.05) is 37.6 Å². The van der Waals surface area contributed by atoms with E-state index in [4.69, 9.17) is 4.42 Å². The first-order chi connectivity index (χ1) is 12.3. The van der Waals surface area contributed by atoms with Crippen molar-refractivity contribution in [2.45, 2.75) is 12.8 Å². The van der Waals surface area contributed by atoms with Crippen LogP contribution in [0, 0.1) is 0 Å². The van der Waals surface area contributed by atoms with Crippen LogP contribution < -0.4 is 10.7 Å². The van der Waals surface area contributed by atoms with E-state index >= 15 is 0 Å². The van der Waals surface area contributed by atoms with E-state index in [0.29, 0.717) is 5.58 Å². The summed E-state index contributed by atoms with van der Waals surface area (Å²) in [6.45, 7) is 5.28. The predicted molar refractivity (Wildman–Crippen MR) is 98.0 cm³/mol. The van der Waals surface area contributed by atoms with Gasteiger partial charge in [-0.05, 0) is 49.2 Å². The minimum atomic E-state index is -0.391. The molecular formula is C19H22N4O2. The highest BCUT2D eigenvalue weighted by molar-refractivity contribution is 5.72. The summed E-state index contributed by atoms with van der Waals surface area (Å²) in [6, 6.07) is 12.0. The van der Waals surface area contributed by atoms with Gasteiger partial charge in [0.05, 0.1) is 5.52 Å². The Morgan fingerprint density at radius 3 is 2.80 bits per heavy atom. The summed E-state index contributed by atoms with van der Waals surface area (Å²) >= 11 is 0. The van der Waals surface area contributed by atoms with Crippen LogP contribution in [0.3, 0.4) is 0 Å². The first-order valence-corrected chi connectivity index (χ1v) is 8.78. The zero-order valence-electron chi connectivity index (χ0n) is 14.1. The van der Waals surface area contributed by atoms with Crippen molar-refractivity contribution < 1.29 is 4.42 Å². The van der Waals surface area contributed by atoms with Crippen molar-refractivity contribution in [1.82, 2.24) is 14.9 Å². The summed E-state index contributed by atoms with van der Waals surface area (Å²) in [6.07, 6.45) is 3.94. The van der Waals surface area contributed by atoms with Gasteiger partial charge >= 0.3 is 5.76 Å². The van der Waals surface area contributed by atoms with Gasteiger partial charge in [0.2, 0.25) is 0 Å². The molecule has 3 heterocycles. The number of anilines is 1. The normalized spacial score (nSPS) is 15.8. The highest BCUT2D eigenvalue weighted by atomic mass is 16.4. The van der Waals surface area contributed by atoms with Crippen LogP contribution in [0.15, 0.2) is 51.8 Å². The van der Waals surface area contributed by atoms with Gasteiger partial charge in [0.25, 0.3) is 0 Å². The zero-order valence-corrected chi connectivity index (χ0v) is 14.1. The molecule has 0 amide bonds. The Morgan fingerprint density at radius 2 is 2.00 bits per heavy atom. The molecule has 0 aliphatic carbocycles. The van der Waals surface area contributed by atoms with Crippen LogP contribution in [-0.2, 0) is 6.42 Å². The van der Waals surface area contributed by atoms with Gasteiger partial charge in [-0.25, -0.2) is 9.78 Å². The summed E-state index contributed by atoms with van der Waals surface area (Å²) in [5.74, 6) is 0.682. The molecule has 1 aromatic carbocycles. The van der Waals surface area contributed by atoms with E-state index in [1.54, 1.807) is 0 Å². The average molecular weight is 338 g/mol. The van der Waals surface area contributed by atoms with Crippen molar-refractivity contribution in [3.05, 3.63) is 58.7 Å². The monoisotopic (exact) mass is 338 g/mol. The number of nitrogens with one attached hydrogen (secondary N) is 1. The molecule has 1 aliphatic rings. The molecule has 0 unspecified atom stereocenters. The number of H-pyrrole nitrogens is 1. The van der Waals surface area contributed by atoms with Crippen LogP contribution in [0.5, 0.6) is 0 Å². The van der Waals surface area contributed by atoms with Crippen molar-refractivity contribution in [3.63, 3.8) is 0 Å². The summed E-state index contributed by atoms with van der Waals surface area (Å²) in [5.41, 5.74) is 2.62. The molecule has 4 rings (SSSR count). The number of fused-ring (bicyclic) bond motifs is 1. The Balaban J connectivity index is 1.26. The Hall–Kier alpha value is -2.60. The molecule has 130 valence electrons. The molecule has 0 atom stereocenters. The zero-order chi connectivity index (χ0) is 17.1. The molecule has 1 saturated heterocycles. The van der Waals surface area contributed by atoms with Gasteiger partial charge in [-0.3, -0.25) is 9.88 Å². The number of pyridine rings is 1. The fraction of sp³-hybridized carbons (Fsp3) is 0.368. The predicted octanol–water partition coefficient (Wildman–Crippen LogP) is 2.27. The molecule has 1 fully saturated rings. The number of aromatic amines is 1. The van der Waals surface area contributed by atoms with Gasteiger partial charge in [-0.2, -0.15) is 0 Å². The van der Waals surface area contributed by atoms with Crippen molar-refractivity contribution in [1.29, 1.82) is 0 Å². The SMILES string of the molecule is O=c1[nH]c2ccc(CCCN3CCN(c4ccccn4)CC3)cc2o1. The van der Waals surface area contributed by atoms with E-state index in [1.165, 1.54) is 5.56 Å². The number of hydrogen-bond acceptors (Lipinski definition) is 5. The third-order valence-corrected chi connectivity index (χ3v) is 4.77. The van der Waals surface area contributed by atoms with Crippen molar-refractivity contribution in [3.8, 4) is 0 Å². The first kappa shape index (κ1) is 15.9. The maximum Gasteiger partial charge on any atom is 0.417 e. The standard InChI is InChI=1S/C19H22N4O2/c24-19-21-16-7-6-15(14-17(16)25-19)4-3-9-22-10-12-23(13-11-22)18-5-1-2-8-20-18/h1-2,5-8,14H,3-4,9-13H2,(H,21,24). The molecule has 0 spiro atoms. The van der Waals surface area contributed by atoms with E-state index in [1.807, 2.05) is 30.5 Å². The number of rotatable bonds is 5. The molecule has 25 heavy (non-hydrogen) atoms. The molecular weight excluding hydrogens is 316 g/mol. The number of oxazole rings is 1. The summed E-state index contributed by atoms with van der Waals surface area (Å²) in [7, 11) is 0. The number of aromatic nitrogens is 2. The number of hydrogen-bond donors (Lipinski definition) is 1. The second-order valence-electron chi connectivity index (χ2n) is 6.47. The number of nitrogens with zero attached hydrogens (tertiary/aromatic N) is 3. The number of aryl methyl sites for hydroxylation is 1. The molecule has 6 nitrogen and oxygen atoms in total. The second kappa shape index (κ2) is 7.11. The van der Waals surface area contributed by atoms with Gasteiger partial charge in [-0.1, -0.05) is 12.1 Å². The Labute approximate surface area is 146 Å². The maximum atomic E-state index is 11.2. The fourth-order valence-electron chi connectivity index (χ4n) is 3.39. The Bertz CT molecular complexity index is 879. The van der Waals surface area contributed by atoms with E-state index < -0.39 is 5.76 Å². The second-order valence-corrected chi connectivity index (χ2v) is 6.47. The highest BCUT2D eigenvalue weighted by Gasteiger charge is 2.17. The van der Waals surface area contributed by atoms with Gasteiger partial charge < -0.3 is 9.32 Å². The molecule has 6 heteroatoms. The number of benzene rings is 1. The quantitative estimate of drug-likeness (QED) is 0.773. The fourth-order valence-corrected chi connectivity index (χ4v) is 3.39. The van der Waals surface area contributed by atoms with Crippen molar-refractivity contribution in [2.24, 2.45) is 0 Å². The highest BCUT2D eigenvalue weighted by Crippen LogP contribution is 2.15.